The van der Waals surface area contributed by atoms with Crippen molar-refractivity contribution in [2.75, 3.05) is 5.75 Å². The zero-order chi connectivity index (χ0) is 18.0. The van der Waals surface area contributed by atoms with Gasteiger partial charge in [-0.1, -0.05) is 50.8 Å². The van der Waals surface area contributed by atoms with Crippen molar-refractivity contribution in [3.63, 3.8) is 0 Å². The van der Waals surface area contributed by atoms with Gasteiger partial charge >= 0.3 is 0 Å². The summed E-state index contributed by atoms with van der Waals surface area (Å²) in [6.07, 6.45) is 6.89. The monoisotopic (exact) mass is 355 g/mol. The molecule has 0 aliphatic heterocycles. The van der Waals surface area contributed by atoms with Crippen LogP contribution in [0.3, 0.4) is 0 Å². The van der Waals surface area contributed by atoms with E-state index in [9.17, 15) is 8.42 Å². The van der Waals surface area contributed by atoms with Crippen LogP contribution in [0.1, 0.15) is 30.9 Å². The first-order valence-electron chi connectivity index (χ1n) is 8.80. The minimum Gasteiger partial charge on any atom is -0.352 e. The van der Waals surface area contributed by atoms with Crippen LogP contribution in [0.15, 0.2) is 60.8 Å². The molecule has 3 rings (SSSR count). The molecular formula is C21H25NO2S. The van der Waals surface area contributed by atoms with E-state index in [0.29, 0.717) is 11.3 Å². The Kier molecular flexibility index (Phi) is 5.00. The average Bonchev–Trinajstić information content (AvgIpc) is 2.61. The minimum absolute atomic E-state index is 0.214. The van der Waals surface area contributed by atoms with E-state index in [1.807, 2.05) is 30.0 Å². The second-order valence-electron chi connectivity index (χ2n) is 6.61. The first-order valence-corrected chi connectivity index (χ1v) is 10.5. The lowest BCUT2D eigenvalue weighted by Gasteiger charge is -2.32. The average molecular weight is 356 g/mol. The summed E-state index contributed by atoms with van der Waals surface area (Å²) in [6.45, 7) is 9.74. The fourth-order valence-corrected chi connectivity index (χ4v) is 5.42. The van der Waals surface area contributed by atoms with Crippen molar-refractivity contribution in [2.24, 2.45) is 0 Å². The van der Waals surface area contributed by atoms with Gasteiger partial charge in [0.25, 0.3) is 0 Å². The maximum atomic E-state index is 12.8. The Labute approximate surface area is 150 Å². The molecule has 0 bridgehead atoms. The highest BCUT2D eigenvalue weighted by Gasteiger charge is 2.26. The molecule has 1 atom stereocenters. The standard InChI is InChI=1S/C21H25NO2S/c1-4-7-13-25(23,24)20-12-11-17-15-18(22(5-2)6-3)14-16-9-8-10-19(20)21(16)17/h5-6,8-12,18H,2-4,7,13-15H2,1H3. The van der Waals surface area contributed by atoms with Crippen molar-refractivity contribution in [3.8, 4) is 0 Å². The lowest BCUT2D eigenvalue weighted by Crippen LogP contribution is -2.32. The number of unbranched alkanes of at least 4 members (excludes halogenated alkanes) is 1. The molecule has 132 valence electrons. The van der Waals surface area contributed by atoms with E-state index < -0.39 is 9.84 Å². The van der Waals surface area contributed by atoms with Crippen LogP contribution in [0, 0.1) is 0 Å². The smallest absolute Gasteiger partial charge is 0.178 e. The van der Waals surface area contributed by atoms with Crippen LogP contribution in [0.2, 0.25) is 0 Å². The molecule has 1 aliphatic rings. The van der Waals surface area contributed by atoms with E-state index in [1.54, 1.807) is 18.5 Å². The molecule has 0 fully saturated rings. The van der Waals surface area contributed by atoms with Crippen molar-refractivity contribution in [2.45, 2.75) is 43.5 Å². The van der Waals surface area contributed by atoms with Crippen molar-refractivity contribution >= 4 is 20.6 Å². The molecule has 0 N–H and O–H groups in total. The Bertz CT molecular complexity index is 895. The van der Waals surface area contributed by atoms with Gasteiger partial charge < -0.3 is 4.90 Å². The maximum Gasteiger partial charge on any atom is 0.178 e. The van der Waals surface area contributed by atoms with E-state index in [0.717, 1.165) is 30.0 Å². The van der Waals surface area contributed by atoms with Crippen LogP contribution in [-0.2, 0) is 22.7 Å². The van der Waals surface area contributed by atoms with Gasteiger partial charge in [-0.2, -0.15) is 0 Å². The first kappa shape index (κ1) is 17.7. The minimum atomic E-state index is -3.25. The number of rotatable bonds is 7. The molecule has 2 aromatic rings. The molecular weight excluding hydrogens is 330 g/mol. The van der Waals surface area contributed by atoms with E-state index in [4.69, 9.17) is 0 Å². The molecule has 0 saturated heterocycles. The van der Waals surface area contributed by atoms with Gasteiger partial charge in [-0.25, -0.2) is 8.42 Å². The van der Waals surface area contributed by atoms with Crippen molar-refractivity contribution in [1.29, 1.82) is 0 Å². The van der Waals surface area contributed by atoms with Crippen LogP contribution in [0.25, 0.3) is 10.8 Å². The lowest BCUT2D eigenvalue weighted by molar-refractivity contribution is 0.357. The summed E-state index contributed by atoms with van der Waals surface area (Å²) in [5, 5.41) is 1.98. The van der Waals surface area contributed by atoms with Crippen molar-refractivity contribution in [3.05, 3.63) is 67.0 Å². The second-order valence-corrected chi connectivity index (χ2v) is 8.69. The highest BCUT2D eigenvalue weighted by Crippen LogP contribution is 2.35. The Balaban J connectivity index is 2.11. The third-order valence-electron chi connectivity index (χ3n) is 5.03. The lowest BCUT2D eigenvalue weighted by atomic mass is 9.85. The van der Waals surface area contributed by atoms with Gasteiger partial charge in [0, 0.05) is 11.4 Å². The molecule has 0 heterocycles. The quantitative estimate of drug-likeness (QED) is 0.735. The van der Waals surface area contributed by atoms with Crippen LogP contribution >= 0.6 is 0 Å². The number of hydrogen-bond acceptors (Lipinski definition) is 3. The van der Waals surface area contributed by atoms with Gasteiger partial charge in [-0.15, -0.1) is 0 Å². The fraction of sp³-hybridized carbons (Fsp3) is 0.333. The molecule has 2 aromatic carbocycles. The van der Waals surface area contributed by atoms with Crippen LogP contribution in [0.4, 0.5) is 0 Å². The topological polar surface area (TPSA) is 37.4 Å². The van der Waals surface area contributed by atoms with E-state index >= 15 is 0 Å². The zero-order valence-electron chi connectivity index (χ0n) is 14.7. The van der Waals surface area contributed by atoms with Gasteiger partial charge in [-0.05, 0) is 54.2 Å². The SMILES string of the molecule is C=CN(C=C)C1Cc2cccc3c(S(=O)(=O)CCCC)ccc(c23)C1. The van der Waals surface area contributed by atoms with E-state index in [2.05, 4.69) is 19.2 Å². The van der Waals surface area contributed by atoms with Crippen LogP contribution in [-0.4, -0.2) is 25.1 Å². The summed E-state index contributed by atoms with van der Waals surface area (Å²) in [7, 11) is -3.25. The molecule has 0 amide bonds. The third-order valence-corrected chi connectivity index (χ3v) is 6.88. The number of sulfone groups is 1. The summed E-state index contributed by atoms with van der Waals surface area (Å²) in [5.41, 5.74) is 2.40. The summed E-state index contributed by atoms with van der Waals surface area (Å²) < 4.78 is 25.5. The number of benzene rings is 2. The summed E-state index contributed by atoms with van der Waals surface area (Å²) in [6, 6.07) is 10.1. The maximum absolute atomic E-state index is 12.8. The molecule has 25 heavy (non-hydrogen) atoms. The summed E-state index contributed by atoms with van der Waals surface area (Å²) in [5.74, 6) is 0.214. The Morgan fingerprint density at radius 3 is 2.44 bits per heavy atom. The Hall–Kier alpha value is -2.07. The second kappa shape index (κ2) is 7.04. The van der Waals surface area contributed by atoms with Crippen molar-refractivity contribution in [1.82, 2.24) is 4.90 Å². The number of hydrogen-bond donors (Lipinski definition) is 0. The summed E-state index contributed by atoms with van der Waals surface area (Å²) >= 11 is 0. The van der Waals surface area contributed by atoms with Gasteiger partial charge in [0.2, 0.25) is 0 Å². The van der Waals surface area contributed by atoms with Gasteiger partial charge in [0.05, 0.1) is 10.6 Å². The van der Waals surface area contributed by atoms with E-state index in [-0.39, 0.29) is 11.8 Å². The van der Waals surface area contributed by atoms with Crippen LogP contribution in [0.5, 0.6) is 0 Å². The van der Waals surface area contributed by atoms with E-state index in [1.165, 1.54) is 11.1 Å². The largest absolute Gasteiger partial charge is 0.352 e. The highest BCUT2D eigenvalue weighted by atomic mass is 32.2. The predicted octanol–water partition coefficient (Wildman–Crippen LogP) is 4.47. The molecule has 3 nitrogen and oxygen atoms in total. The molecule has 0 saturated carbocycles. The molecule has 0 spiro atoms. The fourth-order valence-electron chi connectivity index (χ4n) is 3.75. The predicted molar refractivity (Wildman–Crippen MR) is 104 cm³/mol. The van der Waals surface area contributed by atoms with Crippen molar-refractivity contribution < 1.29 is 8.42 Å². The number of nitrogens with zero attached hydrogens (tertiary/aromatic N) is 1. The highest BCUT2D eigenvalue weighted by molar-refractivity contribution is 7.91. The molecule has 0 aromatic heterocycles. The Morgan fingerprint density at radius 1 is 1.12 bits per heavy atom. The first-order chi connectivity index (χ1) is 12.0. The molecule has 1 unspecified atom stereocenters. The van der Waals surface area contributed by atoms with Gasteiger partial charge in [0.15, 0.2) is 9.84 Å². The molecule has 1 aliphatic carbocycles. The Morgan fingerprint density at radius 2 is 1.80 bits per heavy atom. The third kappa shape index (κ3) is 3.23. The normalized spacial score (nSPS) is 16.6. The molecule has 4 heteroatoms. The molecule has 0 radical (unpaired) electrons. The zero-order valence-corrected chi connectivity index (χ0v) is 15.6. The van der Waals surface area contributed by atoms with Gasteiger partial charge in [-0.3, -0.25) is 0 Å². The van der Waals surface area contributed by atoms with Crippen LogP contribution < -0.4 is 0 Å². The van der Waals surface area contributed by atoms with Gasteiger partial charge in [0.1, 0.15) is 0 Å². The summed E-state index contributed by atoms with van der Waals surface area (Å²) in [4.78, 5) is 2.51.